The second-order valence-electron chi connectivity index (χ2n) is 4.39. The summed E-state index contributed by atoms with van der Waals surface area (Å²) >= 11 is 0. The van der Waals surface area contributed by atoms with Gasteiger partial charge in [0.15, 0.2) is 12.3 Å². The van der Waals surface area contributed by atoms with Crippen LogP contribution >= 0.6 is 0 Å². The molecule has 1 heterocycles. The van der Waals surface area contributed by atoms with E-state index in [-0.39, 0.29) is 6.54 Å². The summed E-state index contributed by atoms with van der Waals surface area (Å²) in [5.41, 5.74) is 0.759. The van der Waals surface area contributed by atoms with Gasteiger partial charge in [-0.3, -0.25) is 9.59 Å². The number of carbonyl (C=O) groups excluding carboxylic acids is 2. The Bertz CT molecular complexity index is 474. The maximum Gasteiger partial charge on any atom is 0.325 e. The molecule has 2 N–H and O–H groups in total. The summed E-state index contributed by atoms with van der Waals surface area (Å²) in [6.07, 6.45) is -0.692. The third-order valence-electron chi connectivity index (χ3n) is 2.93. The fourth-order valence-corrected chi connectivity index (χ4v) is 1.88. The summed E-state index contributed by atoms with van der Waals surface area (Å²) in [4.78, 5) is 23.3. The lowest BCUT2D eigenvalue weighted by atomic mass is 10.2. The second kappa shape index (κ2) is 7.61. The van der Waals surface area contributed by atoms with Gasteiger partial charge in [-0.15, -0.1) is 0 Å². The molecule has 2 rings (SSSR count). The van der Waals surface area contributed by atoms with Crippen LogP contribution in [0.3, 0.4) is 0 Å². The number of hydrogen-bond acceptors (Lipinski definition) is 6. The molecule has 0 spiro atoms. The van der Waals surface area contributed by atoms with E-state index < -0.39 is 24.2 Å². The highest BCUT2D eigenvalue weighted by atomic mass is 16.7. The van der Waals surface area contributed by atoms with Gasteiger partial charge in [0.25, 0.3) is 0 Å². The number of methoxy groups -OCH3 is 1. The van der Waals surface area contributed by atoms with Crippen molar-refractivity contribution in [1.82, 2.24) is 5.32 Å². The minimum absolute atomic E-state index is 0.199. The summed E-state index contributed by atoms with van der Waals surface area (Å²) in [6, 6.07) is 8.48. The van der Waals surface area contributed by atoms with E-state index in [1.165, 1.54) is 7.11 Å². The molecule has 1 aliphatic rings. The molecule has 1 fully saturated rings. The molecule has 0 bridgehead atoms. The molecule has 7 heteroatoms. The molecular weight excluding hydrogens is 276 g/mol. The topological polar surface area (TPSA) is 85.9 Å². The molecule has 7 nitrogen and oxygen atoms in total. The summed E-state index contributed by atoms with van der Waals surface area (Å²) in [7, 11) is 1.26. The minimum atomic E-state index is -0.750. The first-order valence-electron chi connectivity index (χ1n) is 6.60. The van der Waals surface area contributed by atoms with Crippen molar-refractivity contribution >= 4 is 17.6 Å². The summed E-state index contributed by atoms with van der Waals surface area (Å²) in [5.74, 6) is -0.911. The van der Waals surface area contributed by atoms with Crippen molar-refractivity contribution in [3.05, 3.63) is 30.3 Å². The summed E-state index contributed by atoms with van der Waals surface area (Å²) in [6.45, 7) is 0.666. The molecule has 1 aromatic carbocycles. The van der Waals surface area contributed by atoms with Crippen LogP contribution in [0, 0.1) is 0 Å². The van der Waals surface area contributed by atoms with E-state index in [1.807, 2.05) is 30.3 Å². The average Bonchev–Trinajstić information content (AvgIpc) is 3.05. The highest BCUT2D eigenvalue weighted by molar-refractivity contribution is 5.88. The van der Waals surface area contributed by atoms with Crippen LogP contribution in [0.25, 0.3) is 0 Å². The molecule has 1 aliphatic heterocycles. The van der Waals surface area contributed by atoms with Crippen molar-refractivity contribution in [2.75, 3.05) is 32.2 Å². The van der Waals surface area contributed by atoms with Crippen LogP contribution in [-0.4, -0.2) is 51.1 Å². The minimum Gasteiger partial charge on any atom is -0.468 e. The number of rotatable bonds is 6. The second-order valence-corrected chi connectivity index (χ2v) is 4.39. The molecule has 0 saturated carbocycles. The maximum atomic E-state index is 12.2. The van der Waals surface area contributed by atoms with Crippen LogP contribution < -0.4 is 10.6 Å². The molecule has 0 aromatic heterocycles. The third kappa shape index (κ3) is 4.44. The maximum absolute atomic E-state index is 12.2. The molecule has 1 atom stereocenters. The van der Waals surface area contributed by atoms with E-state index in [9.17, 15) is 9.59 Å². The lowest BCUT2D eigenvalue weighted by Crippen LogP contribution is -2.49. The Kier molecular flexibility index (Phi) is 5.53. The van der Waals surface area contributed by atoms with E-state index >= 15 is 0 Å². The van der Waals surface area contributed by atoms with E-state index in [0.29, 0.717) is 13.2 Å². The van der Waals surface area contributed by atoms with E-state index in [2.05, 4.69) is 15.4 Å². The summed E-state index contributed by atoms with van der Waals surface area (Å²) in [5, 5.41) is 5.54. The number of amides is 1. The predicted octanol–water partition coefficient (Wildman–Crippen LogP) is 0.129. The van der Waals surface area contributed by atoms with Gasteiger partial charge in [0.05, 0.1) is 20.3 Å². The highest BCUT2D eigenvalue weighted by Gasteiger charge is 2.33. The van der Waals surface area contributed by atoms with Crippen LogP contribution in [0.1, 0.15) is 0 Å². The first kappa shape index (κ1) is 15.3. The lowest BCUT2D eigenvalue weighted by Gasteiger charge is -2.23. The average molecular weight is 294 g/mol. The number of hydrogen-bond donors (Lipinski definition) is 2. The molecule has 1 aromatic rings. The van der Waals surface area contributed by atoms with Crippen LogP contribution in [-0.2, 0) is 23.8 Å². The van der Waals surface area contributed by atoms with Crippen LogP contribution in [0.4, 0.5) is 5.69 Å². The Morgan fingerprint density at radius 1 is 1.29 bits per heavy atom. The van der Waals surface area contributed by atoms with Crippen LogP contribution in [0.15, 0.2) is 30.3 Å². The van der Waals surface area contributed by atoms with Crippen LogP contribution in [0.5, 0.6) is 0 Å². The number of para-hydroxylation sites is 1. The zero-order chi connectivity index (χ0) is 15.1. The Morgan fingerprint density at radius 2 is 1.95 bits per heavy atom. The molecule has 1 amide bonds. The number of nitrogens with one attached hydrogen (secondary N) is 2. The normalized spacial score (nSPS) is 16.2. The Balaban J connectivity index is 2.01. The number of esters is 1. The van der Waals surface area contributed by atoms with Crippen molar-refractivity contribution in [1.29, 1.82) is 0 Å². The fourth-order valence-electron chi connectivity index (χ4n) is 1.88. The third-order valence-corrected chi connectivity index (χ3v) is 2.93. The zero-order valence-electron chi connectivity index (χ0n) is 11.7. The summed E-state index contributed by atoms with van der Waals surface area (Å²) < 4.78 is 15.2. The number of carbonyl (C=O) groups is 2. The molecule has 0 unspecified atom stereocenters. The smallest absolute Gasteiger partial charge is 0.325 e. The largest absolute Gasteiger partial charge is 0.468 e. The molecule has 0 aliphatic carbocycles. The van der Waals surface area contributed by atoms with Crippen molar-refractivity contribution in [3.8, 4) is 0 Å². The molecule has 1 saturated heterocycles. The Hall–Kier alpha value is -2.12. The van der Waals surface area contributed by atoms with Crippen molar-refractivity contribution in [2.45, 2.75) is 12.3 Å². The van der Waals surface area contributed by atoms with Gasteiger partial charge in [-0.2, -0.15) is 0 Å². The standard InChI is InChI=1S/C14H18N2O5/c1-19-11(17)9-15-13(18)12(14-20-7-8-21-14)16-10-5-3-2-4-6-10/h2-6,12,14,16H,7-9H2,1H3,(H,15,18)/t12-/m0/s1. The first-order chi connectivity index (χ1) is 10.2. The van der Waals surface area contributed by atoms with Gasteiger partial charge >= 0.3 is 5.97 Å². The van der Waals surface area contributed by atoms with Crippen molar-refractivity contribution in [3.63, 3.8) is 0 Å². The van der Waals surface area contributed by atoms with Gasteiger partial charge in [-0.05, 0) is 12.1 Å². The molecule has 114 valence electrons. The zero-order valence-corrected chi connectivity index (χ0v) is 11.7. The molecule has 0 radical (unpaired) electrons. The fraction of sp³-hybridized carbons (Fsp3) is 0.429. The molecule has 21 heavy (non-hydrogen) atoms. The number of anilines is 1. The van der Waals surface area contributed by atoms with Gasteiger partial charge in [0, 0.05) is 5.69 Å². The van der Waals surface area contributed by atoms with Crippen molar-refractivity contribution in [2.24, 2.45) is 0 Å². The van der Waals surface area contributed by atoms with Gasteiger partial charge < -0.3 is 24.8 Å². The van der Waals surface area contributed by atoms with Gasteiger partial charge in [-0.25, -0.2) is 0 Å². The lowest BCUT2D eigenvalue weighted by molar-refractivity contribution is -0.142. The van der Waals surface area contributed by atoms with Gasteiger partial charge in [0.2, 0.25) is 5.91 Å². The predicted molar refractivity (Wildman–Crippen MR) is 74.6 cm³/mol. The van der Waals surface area contributed by atoms with Gasteiger partial charge in [0.1, 0.15) is 6.54 Å². The SMILES string of the molecule is COC(=O)CNC(=O)[C@H](Nc1ccccc1)C1OCCO1. The Morgan fingerprint density at radius 3 is 2.57 bits per heavy atom. The number of benzene rings is 1. The van der Waals surface area contributed by atoms with E-state index in [4.69, 9.17) is 9.47 Å². The number of ether oxygens (including phenoxy) is 3. The van der Waals surface area contributed by atoms with Crippen molar-refractivity contribution < 1.29 is 23.8 Å². The quantitative estimate of drug-likeness (QED) is 0.725. The van der Waals surface area contributed by atoms with Gasteiger partial charge in [-0.1, -0.05) is 18.2 Å². The highest BCUT2D eigenvalue weighted by Crippen LogP contribution is 2.15. The van der Waals surface area contributed by atoms with Crippen LogP contribution in [0.2, 0.25) is 0 Å². The molecular formula is C14H18N2O5. The first-order valence-corrected chi connectivity index (χ1v) is 6.60. The monoisotopic (exact) mass is 294 g/mol. The Labute approximate surface area is 122 Å². The van der Waals surface area contributed by atoms with E-state index in [1.54, 1.807) is 0 Å². The van der Waals surface area contributed by atoms with E-state index in [0.717, 1.165) is 5.69 Å².